The van der Waals surface area contributed by atoms with Gasteiger partial charge >= 0.3 is 0 Å². The smallest absolute Gasteiger partial charge is 0.0769 e. The van der Waals surface area contributed by atoms with Crippen LogP contribution in [0.15, 0.2) is 0 Å². The molecule has 3 aliphatic rings. The zero-order valence-corrected chi connectivity index (χ0v) is 9.88. The van der Waals surface area contributed by atoms with E-state index in [1.165, 1.54) is 25.7 Å². The standard InChI is InChI=1S/C13H22O2/c1-11(2)4-3-5-13(8-11)12(9-14)6-10(12)7-15-13/h10,14H,3-9H2,1-2H3. The van der Waals surface area contributed by atoms with Crippen LogP contribution < -0.4 is 0 Å². The lowest BCUT2D eigenvalue weighted by atomic mass is 9.64. The third kappa shape index (κ3) is 1.18. The van der Waals surface area contributed by atoms with Gasteiger partial charge in [0.2, 0.25) is 0 Å². The SMILES string of the molecule is CC1(C)CCCC2(C1)OCC1CC12CO. The van der Waals surface area contributed by atoms with Gasteiger partial charge in [-0.1, -0.05) is 20.3 Å². The molecule has 0 radical (unpaired) electrons. The maximum absolute atomic E-state index is 9.67. The molecule has 86 valence electrons. The first-order valence-electron chi connectivity index (χ1n) is 6.29. The predicted molar refractivity (Wildman–Crippen MR) is 58.6 cm³/mol. The van der Waals surface area contributed by atoms with E-state index in [2.05, 4.69) is 13.8 Å². The summed E-state index contributed by atoms with van der Waals surface area (Å²) in [6, 6.07) is 0. The fourth-order valence-corrected chi connectivity index (χ4v) is 4.25. The number of rotatable bonds is 1. The lowest BCUT2D eigenvalue weighted by Gasteiger charge is -2.47. The summed E-state index contributed by atoms with van der Waals surface area (Å²) in [5.74, 6) is 0.663. The minimum absolute atomic E-state index is 0.0359. The fraction of sp³-hybridized carbons (Fsp3) is 1.00. The van der Waals surface area contributed by atoms with E-state index in [9.17, 15) is 5.11 Å². The van der Waals surface area contributed by atoms with Crippen molar-refractivity contribution in [2.45, 2.75) is 51.6 Å². The molecule has 3 rings (SSSR count). The highest BCUT2D eigenvalue weighted by atomic mass is 16.5. The van der Waals surface area contributed by atoms with E-state index in [-0.39, 0.29) is 11.0 Å². The van der Waals surface area contributed by atoms with E-state index >= 15 is 0 Å². The van der Waals surface area contributed by atoms with Crippen molar-refractivity contribution >= 4 is 0 Å². The zero-order chi connectivity index (χ0) is 10.7. The quantitative estimate of drug-likeness (QED) is 0.720. The van der Waals surface area contributed by atoms with E-state index < -0.39 is 0 Å². The molecular weight excluding hydrogens is 188 g/mol. The third-order valence-corrected chi connectivity index (χ3v) is 5.18. The number of aliphatic hydroxyl groups excluding tert-OH is 1. The molecule has 1 N–H and O–H groups in total. The van der Waals surface area contributed by atoms with Crippen LogP contribution in [0.25, 0.3) is 0 Å². The molecule has 3 unspecified atom stereocenters. The number of aliphatic hydroxyl groups is 1. The van der Waals surface area contributed by atoms with E-state index in [1.54, 1.807) is 0 Å². The molecule has 2 heteroatoms. The van der Waals surface area contributed by atoms with Gasteiger partial charge in [-0.25, -0.2) is 0 Å². The normalized spacial score (nSPS) is 51.8. The molecule has 3 atom stereocenters. The second-order valence-electron chi connectivity index (χ2n) is 6.72. The van der Waals surface area contributed by atoms with Crippen molar-refractivity contribution in [2.24, 2.45) is 16.7 Å². The van der Waals surface area contributed by atoms with Gasteiger partial charge in [0.1, 0.15) is 0 Å². The molecule has 0 aromatic rings. The highest BCUT2D eigenvalue weighted by Gasteiger charge is 2.72. The lowest BCUT2D eigenvalue weighted by Crippen LogP contribution is -2.47. The molecule has 0 aromatic carbocycles. The monoisotopic (exact) mass is 210 g/mol. The van der Waals surface area contributed by atoms with Crippen LogP contribution >= 0.6 is 0 Å². The maximum Gasteiger partial charge on any atom is 0.0769 e. The van der Waals surface area contributed by atoms with Crippen molar-refractivity contribution in [3.8, 4) is 0 Å². The molecular formula is C13H22O2. The van der Waals surface area contributed by atoms with Gasteiger partial charge < -0.3 is 9.84 Å². The predicted octanol–water partition coefficient (Wildman–Crippen LogP) is 2.35. The van der Waals surface area contributed by atoms with E-state index in [0.29, 0.717) is 17.9 Å². The van der Waals surface area contributed by atoms with Crippen molar-refractivity contribution in [2.75, 3.05) is 13.2 Å². The Hall–Kier alpha value is -0.0800. The molecule has 3 fully saturated rings. The van der Waals surface area contributed by atoms with Crippen molar-refractivity contribution in [1.29, 1.82) is 0 Å². The van der Waals surface area contributed by atoms with Gasteiger partial charge in [-0.15, -0.1) is 0 Å². The Morgan fingerprint density at radius 3 is 2.73 bits per heavy atom. The van der Waals surface area contributed by atoms with Crippen LogP contribution in [0, 0.1) is 16.7 Å². The van der Waals surface area contributed by atoms with Crippen LogP contribution in [-0.2, 0) is 4.74 Å². The van der Waals surface area contributed by atoms with Crippen molar-refractivity contribution in [1.82, 2.24) is 0 Å². The van der Waals surface area contributed by atoms with Crippen molar-refractivity contribution < 1.29 is 9.84 Å². The number of hydrogen-bond acceptors (Lipinski definition) is 2. The van der Waals surface area contributed by atoms with Gasteiger partial charge in [-0.05, 0) is 37.0 Å². The molecule has 0 aromatic heterocycles. The van der Waals surface area contributed by atoms with Crippen LogP contribution in [0.3, 0.4) is 0 Å². The number of fused-ring (bicyclic) bond motifs is 2. The summed E-state index contributed by atoms with van der Waals surface area (Å²) in [5.41, 5.74) is 0.594. The van der Waals surface area contributed by atoms with E-state index in [4.69, 9.17) is 4.74 Å². The minimum atomic E-state index is 0.0359. The second-order valence-corrected chi connectivity index (χ2v) is 6.72. The molecule has 15 heavy (non-hydrogen) atoms. The average Bonchev–Trinajstić information content (AvgIpc) is 2.83. The summed E-state index contributed by atoms with van der Waals surface area (Å²) in [7, 11) is 0. The fourth-order valence-electron chi connectivity index (χ4n) is 4.25. The molecule has 2 saturated carbocycles. The van der Waals surface area contributed by atoms with Gasteiger partial charge in [0.05, 0.1) is 18.8 Å². The van der Waals surface area contributed by atoms with Gasteiger partial charge in [0, 0.05) is 5.41 Å². The van der Waals surface area contributed by atoms with Crippen LogP contribution in [-0.4, -0.2) is 23.9 Å². The Morgan fingerprint density at radius 1 is 1.33 bits per heavy atom. The average molecular weight is 210 g/mol. The maximum atomic E-state index is 9.67. The van der Waals surface area contributed by atoms with E-state index in [0.717, 1.165) is 13.0 Å². The first kappa shape index (κ1) is 10.1. The molecule has 1 spiro atoms. The first-order chi connectivity index (χ1) is 7.04. The summed E-state index contributed by atoms with van der Waals surface area (Å²) in [5, 5.41) is 9.67. The molecule has 0 bridgehead atoms. The summed E-state index contributed by atoms with van der Waals surface area (Å²) < 4.78 is 6.11. The molecule has 1 aliphatic heterocycles. The lowest BCUT2D eigenvalue weighted by molar-refractivity contribution is -0.118. The first-order valence-corrected chi connectivity index (χ1v) is 6.29. The van der Waals surface area contributed by atoms with Gasteiger partial charge in [0.25, 0.3) is 0 Å². The number of hydrogen-bond donors (Lipinski definition) is 1. The Kier molecular flexibility index (Phi) is 1.87. The summed E-state index contributed by atoms with van der Waals surface area (Å²) in [6.45, 7) is 5.93. The Bertz CT molecular complexity index is 282. The molecule has 2 aliphatic carbocycles. The molecule has 0 amide bonds. The van der Waals surface area contributed by atoms with Gasteiger partial charge in [-0.3, -0.25) is 0 Å². The zero-order valence-electron chi connectivity index (χ0n) is 9.88. The Balaban J connectivity index is 1.90. The van der Waals surface area contributed by atoms with E-state index in [1.807, 2.05) is 0 Å². The Labute approximate surface area is 92.0 Å². The van der Waals surface area contributed by atoms with Crippen LogP contribution in [0.4, 0.5) is 0 Å². The largest absolute Gasteiger partial charge is 0.396 e. The Morgan fingerprint density at radius 2 is 2.13 bits per heavy atom. The highest BCUT2D eigenvalue weighted by Crippen LogP contribution is 2.70. The van der Waals surface area contributed by atoms with Crippen LogP contribution in [0.5, 0.6) is 0 Å². The summed E-state index contributed by atoms with van der Waals surface area (Å²) in [4.78, 5) is 0. The van der Waals surface area contributed by atoms with Crippen LogP contribution in [0.2, 0.25) is 0 Å². The molecule has 1 saturated heterocycles. The second kappa shape index (κ2) is 2.78. The molecule has 2 nitrogen and oxygen atoms in total. The van der Waals surface area contributed by atoms with Crippen molar-refractivity contribution in [3.05, 3.63) is 0 Å². The summed E-state index contributed by atoms with van der Waals surface area (Å²) >= 11 is 0. The highest BCUT2D eigenvalue weighted by molar-refractivity contribution is 5.20. The third-order valence-electron chi connectivity index (χ3n) is 5.18. The van der Waals surface area contributed by atoms with Crippen LogP contribution in [0.1, 0.15) is 46.0 Å². The topological polar surface area (TPSA) is 29.5 Å². The van der Waals surface area contributed by atoms with Crippen molar-refractivity contribution in [3.63, 3.8) is 0 Å². The number of ether oxygens (including phenoxy) is 1. The van der Waals surface area contributed by atoms with Gasteiger partial charge in [-0.2, -0.15) is 0 Å². The molecule has 1 heterocycles. The summed E-state index contributed by atoms with van der Waals surface area (Å²) in [6.07, 6.45) is 6.11. The minimum Gasteiger partial charge on any atom is -0.396 e. The van der Waals surface area contributed by atoms with Gasteiger partial charge in [0.15, 0.2) is 0 Å².